The van der Waals surface area contributed by atoms with Crippen LogP contribution in [-0.2, 0) is 0 Å². The lowest BCUT2D eigenvalue weighted by Gasteiger charge is -2.11. The van der Waals surface area contributed by atoms with Crippen LogP contribution in [0.3, 0.4) is 0 Å². The fourth-order valence-electron chi connectivity index (χ4n) is 2.32. The first kappa shape index (κ1) is 14.6. The molecule has 20 heavy (non-hydrogen) atoms. The van der Waals surface area contributed by atoms with Gasteiger partial charge in [0.25, 0.3) is 0 Å². The van der Waals surface area contributed by atoms with Crippen LogP contribution in [0, 0.1) is 13.8 Å². The van der Waals surface area contributed by atoms with Crippen molar-refractivity contribution in [2.75, 3.05) is 0 Å². The van der Waals surface area contributed by atoms with Crippen LogP contribution >= 0.6 is 0 Å². The van der Waals surface area contributed by atoms with Gasteiger partial charge in [-0.15, -0.1) is 0 Å². The SMILES string of the molecule is C/C(=C\CC(C)c1ccc(C)cc1)c1ccc(C)cc1. The molecule has 0 amide bonds. The van der Waals surface area contributed by atoms with Crippen molar-refractivity contribution in [2.24, 2.45) is 0 Å². The molecule has 0 saturated carbocycles. The van der Waals surface area contributed by atoms with E-state index in [1.54, 1.807) is 0 Å². The number of allylic oxidation sites excluding steroid dienone is 2. The Kier molecular flexibility index (Phi) is 4.79. The van der Waals surface area contributed by atoms with Gasteiger partial charge >= 0.3 is 0 Å². The number of aryl methyl sites for hydroxylation is 2. The molecule has 0 heterocycles. The lowest BCUT2D eigenvalue weighted by Crippen LogP contribution is -1.92. The van der Waals surface area contributed by atoms with Gasteiger partial charge in [0, 0.05) is 0 Å². The van der Waals surface area contributed by atoms with Gasteiger partial charge in [-0.2, -0.15) is 0 Å². The zero-order valence-corrected chi connectivity index (χ0v) is 13.0. The van der Waals surface area contributed by atoms with Crippen molar-refractivity contribution in [1.82, 2.24) is 0 Å². The highest BCUT2D eigenvalue weighted by molar-refractivity contribution is 5.63. The Bertz CT molecular complexity index is 570. The van der Waals surface area contributed by atoms with Crippen LogP contribution in [0.4, 0.5) is 0 Å². The maximum Gasteiger partial charge on any atom is -0.0156 e. The van der Waals surface area contributed by atoms with Gasteiger partial charge in [0.05, 0.1) is 0 Å². The number of rotatable bonds is 4. The van der Waals surface area contributed by atoms with Crippen molar-refractivity contribution in [3.8, 4) is 0 Å². The van der Waals surface area contributed by atoms with Crippen molar-refractivity contribution < 1.29 is 0 Å². The summed E-state index contributed by atoms with van der Waals surface area (Å²) in [4.78, 5) is 0. The predicted octanol–water partition coefficient (Wildman–Crippen LogP) is 5.90. The van der Waals surface area contributed by atoms with Crippen LogP contribution in [0.15, 0.2) is 54.6 Å². The fraction of sp³-hybridized carbons (Fsp3) is 0.300. The van der Waals surface area contributed by atoms with Crippen LogP contribution < -0.4 is 0 Å². The second kappa shape index (κ2) is 6.56. The summed E-state index contributed by atoms with van der Waals surface area (Å²) in [6.45, 7) is 8.76. The van der Waals surface area contributed by atoms with Gasteiger partial charge in [0.2, 0.25) is 0 Å². The van der Waals surface area contributed by atoms with Crippen molar-refractivity contribution in [3.63, 3.8) is 0 Å². The number of benzene rings is 2. The summed E-state index contributed by atoms with van der Waals surface area (Å²) >= 11 is 0. The predicted molar refractivity (Wildman–Crippen MR) is 89.0 cm³/mol. The Hall–Kier alpha value is -1.82. The molecule has 0 fully saturated rings. The molecule has 1 unspecified atom stereocenters. The third-order valence-electron chi connectivity index (χ3n) is 3.93. The summed E-state index contributed by atoms with van der Waals surface area (Å²) in [6, 6.07) is 17.6. The molecular formula is C20H24. The quantitative estimate of drug-likeness (QED) is 0.645. The third-order valence-corrected chi connectivity index (χ3v) is 3.93. The first-order chi connectivity index (χ1) is 9.56. The van der Waals surface area contributed by atoms with Gasteiger partial charge in [-0.1, -0.05) is 72.7 Å². The maximum atomic E-state index is 2.36. The van der Waals surface area contributed by atoms with E-state index >= 15 is 0 Å². The van der Waals surface area contributed by atoms with E-state index in [-0.39, 0.29) is 0 Å². The van der Waals surface area contributed by atoms with Crippen LogP contribution in [0.5, 0.6) is 0 Å². The average Bonchev–Trinajstić information content (AvgIpc) is 2.46. The van der Waals surface area contributed by atoms with Crippen LogP contribution in [0.25, 0.3) is 5.57 Å². The van der Waals surface area contributed by atoms with E-state index < -0.39 is 0 Å². The minimum absolute atomic E-state index is 0.566. The molecule has 2 aromatic carbocycles. The highest BCUT2D eigenvalue weighted by atomic mass is 14.1. The Morgan fingerprint density at radius 3 is 1.95 bits per heavy atom. The van der Waals surface area contributed by atoms with Crippen LogP contribution in [-0.4, -0.2) is 0 Å². The number of hydrogen-bond acceptors (Lipinski definition) is 0. The minimum atomic E-state index is 0.566. The standard InChI is InChI=1S/C20H24/c1-15-5-11-19(12-6-15)17(3)9-10-18(4)20-13-7-16(2)8-14-20/h5-9,11-14,18H,10H2,1-4H3/b17-9+. The zero-order chi connectivity index (χ0) is 14.5. The lowest BCUT2D eigenvalue weighted by molar-refractivity contribution is 0.781. The highest BCUT2D eigenvalue weighted by Gasteiger charge is 2.04. The summed E-state index contributed by atoms with van der Waals surface area (Å²) in [6.07, 6.45) is 3.44. The molecule has 1 atom stereocenters. The summed E-state index contributed by atoms with van der Waals surface area (Å²) in [5.74, 6) is 0.566. The van der Waals surface area contributed by atoms with E-state index in [4.69, 9.17) is 0 Å². The normalized spacial score (nSPS) is 13.3. The molecule has 0 aromatic heterocycles. The molecule has 0 bridgehead atoms. The molecule has 0 nitrogen and oxygen atoms in total. The van der Waals surface area contributed by atoms with E-state index in [0.29, 0.717) is 5.92 Å². The average molecular weight is 264 g/mol. The Balaban J connectivity index is 2.04. The molecule has 0 aliphatic rings. The molecule has 2 rings (SSSR count). The van der Waals surface area contributed by atoms with Gasteiger partial charge in [-0.05, 0) is 49.8 Å². The molecular weight excluding hydrogens is 240 g/mol. The lowest BCUT2D eigenvalue weighted by atomic mass is 9.95. The molecule has 104 valence electrons. The molecule has 0 spiro atoms. The Morgan fingerprint density at radius 2 is 1.40 bits per heavy atom. The molecule has 0 heteroatoms. The molecule has 0 aliphatic heterocycles. The monoisotopic (exact) mass is 264 g/mol. The summed E-state index contributed by atoms with van der Waals surface area (Å²) in [5, 5.41) is 0. The summed E-state index contributed by atoms with van der Waals surface area (Å²) in [5.41, 5.74) is 6.75. The van der Waals surface area contributed by atoms with Crippen molar-refractivity contribution in [2.45, 2.75) is 40.0 Å². The largest absolute Gasteiger partial charge is 0.0804 e. The van der Waals surface area contributed by atoms with Crippen molar-refractivity contribution in [3.05, 3.63) is 76.9 Å². The zero-order valence-electron chi connectivity index (χ0n) is 13.0. The Morgan fingerprint density at radius 1 is 0.900 bits per heavy atom. The van der Waals surface area contributed by atoms with Gasteiger partial charge in [0.15, 0.2) is 0 Å². The summed E-state index contributed by atoms with van der Waals surface area (Å²) in [7, 11) is 0. The van der Waals surface area contributed by atoms with Crippen LogP contribution in [0.1, 0.15) is 48.4 Å². The maximum absolute atomic E-state index is 2.36. The van der Waals surface area contributed by atoms with Gasteiger partial charge in [-0.3, -0.25) is 0 Å². The number of hydrogen-bond donors (Lipinski definition) is 0. The second-order valence-corrected chi connectivity index (χ2v) is 5.80. The molecule has 2 aromatic rings. The van der Waals surface area contributed by atoms with E-state index in [1.165, 1.54) is 27.8 Å². The molecule has 0 N–H and O–H groups in total. The second-order valence-electron chi connectivity index (χ2n) is 5.80. The third kappa shape index (κ3) is 3.84. The molecule has 0 radical (unpaired) electrons. The Labute approximate surface area is 123 Å². The van der Waals surface area contributed by atoms with E-state index in [1.807, 2.05) is 0 Å². The minimum Gasteiger partial charge on any atom is -0.0804 e. The van der Waals surface area contributed by atoms with E-state index in [0.717, 1.165) is 6.42 Å². The highest BCUT2D eigenvalue weighted by Crippen LogP contribution is 2.23. The van der Waals surface area contributed by atoms with Crippen molar-refractivity contribution >= 4 is 5.57 Å². The first-order valence-corrected chi connectivity index (χ1v) is 7.36. The first-order valence-electron chi connectivity index (χ1n) is 7.36. The topological polar surface area (TPSA) is 0 Å². The van der Waals surface area contributed by atoms with E-state index in [2.05, 4.69) is 82.3 Å². The molecule has 0 aliphatic carbocycles. The van der Waals surface area contributed by atoms with Gasteiger partial charge in [-0.25, -0.2) is 0 Å². The smallest absolute Gasteiger partial charge is 0.0156 e. The van der Waals surface area contributed by atoms with Crippen molar-refractivity contribution in [1.29, 1.82) is 0 Å². The van der Waals surface area contributed by atoms with E-state index in [9.17, 15) is 0 Å². The summed E-state index contributed by atoms with van der Waals surface area (Å²) < 4.78 is 0. The van der Waals surface area contributed by atoms with Crippen LogP contribution in [0.2, 0.25) is 0 Å². The fourth-order valence-corrected chi connectivity index (χ4v) is 2.32. The molecule has 0 saturated heterocycles. The van der Waals surface area contributed by atoms with Gasteiger partial charge in [0.1, 0.15) is 0 Å². The van der Waals surface area contributed by atoms with Gasteiger partial charge < -0.3 is 0 Å².